The Kier molecular flexibility index (Phi) is 6.63. The first-order valence-electron chi connectivity index (χ1n) is 4.84. The number of hydrogen-bond acceptors (Lipinski definition) is 5. The van der Waals surface area contributed by atoms with Crippen molar-refractivity contribution in [1.29, 1.82) is 0 Å². The summed E-state index contributed by atoms with van der Waals surface area (Å²) in [6.45, 7) is 1.00. The number of carbonyl (C=O) groups excluding carboxylic acids is 1. The molecule has 2 N–H and O–H groups in total. The van der Waals surface area contributed by atoms with Crippen LogP contribution in [0.15, 0.2) is 0 Å². The maximum absolute atomic E-state index is 11.8. The van der Waals surface area contributed by atoms with Gasteiger partial charge in [-0.15, -0.1) is 0 Å². The SMILES string of the molecule is CC(=O)N[C@@H](CS(=O)(=O)CCSC(F)(F)F)C(=O)O. The van der Waals surface area contributed by atoms with E-state index in [1.165, 1.54) is 0 Å². The molecule has 0 saturated carbocycles. The molecule has 0 bridgehead atoms. The van der Waals surface area contributed by atoms with Crippen molar-refractivity contribution in [3.05, 3.63) is 0 Å². The fourth-order valence-corrected chi connectivity index (χ4v) is 3.52. The Labute approximate surface area is 111 Å². The van der Waals surface area contributed by atoms with Gasteiger partial charge in [-0.3, -0.25) is 4.79 Å². The minimum absolute atomic E-state index is 0.504. The Bertz CT molecular complexity index is 434. The van der Waals surface area contributed by atoms with Crippen LogP contribution >= 0.6 is 11.8 Å². The number of carboxylic acid groups (broad SMARTS) is 1. The van der Waals surface area contributed by atoms with Gasteiger partial charge < -0.3 is 10.4 Å². The first-order valence-corrected chi connectivity index (χ1v) is 7.64. The van der Waals surface area contributed by atoms with Gasteiger partial charge >= 0.3 is 11.5 Å². The van der Waals surface area contributed by atoms with Crippen molar-refractivity contribution in [2.75, 3.05) is 17.3 Å². The van der Waals surface area contributed by atoms with Crippen molar-refractivity contribution in [2.24, 2.45) is 0 Å². The highest BCUT2D eigenvalue weighted by Gasteiger charge is 2.30. The number of hydrogen-bond donors (Lipinski definition) is 2. The molecule has 0 spiro atoms. The van der Waals surface area contributed by atoms with Gasteiger partial charge in [0, 0.05) is 12.7 Å². The molecule has 0 saturated heterocycles. The van der Waals surface area contributed by atoms with Gasteiger partial charge in [0.25, 0.3) is 0 Å². The van der Waals surface area contributed by atoms with Crippen molar-refractivity contribution in [3.63, 3.8) is 0 Å². The number of halogens is 3. The van der Waals surface area contributed by atoms with Crippen molar-refractivity contribution >= 4 is 33.5 Å². The molecule has 0 aromatic heterocycles. The van der Waals surface area contributed by atoms with Gasteiger partial charge in [0.2, 0.25) is 5.91 Å². The summed E-state index contributed by atoms with van der Waals surface area (Å²) in [4.78, 5) is 21.3. The molecule has 1 amide bonds. The number of alkyl halides is 3. The standard InChI is InChI=1S/C8H12F3NO5S2/c1-5(13)12-6(7(14)15)4-19(16,17)3-2-18-8(9,10)11/h6H,2-4H2,1H3,(H,12,13)(H,14,15)/t6-/m0/s1. The highest BCUT2D eigenvalue weighted by atomic mass is 32.2. The van der Waals surface area contributed by atoms with E-state index < -0.39 is 62.3 Å². The van der Waals surface area contributed by atoms with Gasteiger partial charge in [0.15, 0.2) is 9.84 Å². The second kappa shape index (κ2) is 6.98. The Morgan fingerprint density at radius 2 is 1.89 bits per heavy atom. The number of sulfone groups is 1. The summed E-state index contributed by atoms with van der Waals surface area (Å²) < 4.78 is 58.3. The molecule has 19 heavy (non-hydrogen) atoms. The Balaban J connectivity index is 4.48. The van der Waals surface area contributed by atoms with Crippen LogP contribution < -0.4 is 5.32 Å². The van der Waals surface area contributed by atoms with Crippen molar-refractivity contribution in [2.45, 2.75) is 18.5 Å². The van der Waals surface area contributed by atoms with Crippen molar-refractivity contribution < 1.29 is 36.3 Å². The van der Waals surface area contributed by atoms with E-state index in [4.69, 9.17) is 5.11 Å². The molecular weight excluding hydrogens is 311 g/mol. The lowest BCUT2D eigenvalue weighted by Gasteiger charge is -2.13. The van der Waals surface area contributed by atoms with Crippen LogP contribution in [0.3, 0.4) is 0 Å². The Morgan fingerprint density at radius 1 is 1.37 bits per heavy atom. The highest BCUT2D eigenvalue weighted by molar-refractivity contribution is 8.01. The van der Waals surface area contributed by atoms with Gasteiger partial charge in [-0.2, -0.15) is 13.2 Å². The highest BCUT2D eigenvalue weighted by Crippen LogP contribution is 2.29. The molecule has 0 fully saturated rings. The zero-order valence-corrected chi connectivity index (χ0v) is 11.4. The second-order valence-electron chi connectivity index (χ2n) is 3.50. The van der Waals surface area contributed by atoms with E-state index in [0.29, 0.717) is 0 Å². The molecule has 0 aromatic rings. The van der Waals surface area contributed by atoms with Crippen LogP contribution in [0.25, 0.3) is 0 Å². The quantitative estimate of drug-likeness (QED) is 0.696. The minimum atomic E-state index is -4.54. The zero-order chi connectivity index (χ0) is 15.3. The van der Waals surface area contributed by atoms with E-state index >= 15 is 0 Å². The van der Waals surface area contributed by atoms with Crippen LogP contribution in [-0.2, 0) is 19.4 Å². The first kappa shape index (κ1) is 18.0. The number of amides is 1. The Morgan fingerprint density at radius 3 is 2.26 bits per heavy atom. The monoisotopic (exact) mass is 323 g/mol. The molecule has 0 aliphatic carbocycles. The maximum Gasteiger partial charge on any atom is 0.441 e. The van der Waals surface area contributed by atoms with Crippen molar-refractivity contribution in [1.82, 2.24) is 5.32 Å². The summed E-state index contributed by atoms with van der Waals surface area (Å²) in [7, 11) is -4.01. The van der Waals surface area contributed by atoms with Crippen LogP contribution in [0.1, 0.15) is 6.92 Å². The third-order valence-electron chi connectivity index (χ3n) is 1.76. The Hall–Kier alpha value is -0.970. The lowest BCUT2D eigenvalue weighted by molar-refractivity contribution is -0.140. The van der Waals surface area contributed by atoms with Gasteiger partial charge in [-0.1, -0.05) is 0 Å². The summed E-state index contributed by atoms with van der Waals surface area (Å²) in [5, 5.41) is 10.6. The molecule has 0 unspecified atom stereocenters. The first-order chi connectivity index (χ1) is 8.43. The molecular formula is C8H12F3NO5S2. The lowest BCUT2D eigenvalue weighted by Crippen LogP contribution is -2.45. The summed E-state index contributed by atoms with van der Waals surface area (Å²) in [5.41, 5.74) is -4.54. The molecule has 112 valence electrons. The lowest BCUT2D eigenvalue weighted by atomic mass is 10.3. The van der Waals surface area contributed by atoms with E-state index in [1.54, 1.807) is 0 Å². The summed E-state index contributed by atoms with van der Waals surface area (Å²) >= 11 is -0.504. The third kappa shape index (κ3) is 9.59. The number of rotatable bonds is 7. The number of thioether (sulfide) groups is 1. The van der Waals surface area contributed by atoms with Gasteiger partial charge in [-0.25, -0.2) is 13.2 Å². The van der Waals surface area contributed by atoms with Crippen LogP contribution in [0.2, 0.25) is 0 Å². The number of aliphatic carboxylic acids is 1. The summed E-state index contributed by atoms with van der Waals surface area (Å²) in [6.07, 6.45) is 0. The second-order valence-corrected chi connectivity index (χ2v) is 6.89. The average molecular weight is 323 g/mol. The smallest absolute Gasteiger partial charge is 0.441 e. The topological polar surface area (TPSA) is 101 Å². The van der Waals surface area contributed by atoms with Crippen molar-refractivity contribution in [3.8, 4) is 0 Å². The van der Waals surface area contributed by atoms with Gasteiger partial charge in [-0.05, 0) is 11.8 Å². The van der Waals surface area contributed by atoms with E-state index in [-0.39, 0.29) is 0 Å². The molecule has 0 aromatic carbocycles. The summed E-state index contributed by atoms with van der Waals surface area (Å²) in [5.74, 6) is -4.80. The van der Waals surface area contributed by atoms with Crippen LogP contribution in [0.5, 0.6) is 0 Å². The molecule has 6 nitrogen and oxygen atoms in total. The fourth-order valence-electron chi connectivity index (χ4n) is 1.04. The fraction of sp³-hybridized carbons (Fsp3) is 0.750. The van der Waals surface area contributed by atoms with Crippen LogP contribution in [0, 0.1) is 0 Å². The summed E-state index contributed by atoms with van der Waals surface area (Å²) in [6, 6.07) is -1.67. The number of carboxylic acids is 1. The zero-order valence-electron chi connectivity index (χ0n) is 9.73. The number of nitrogens with one attached hydrogen (secondary N) is 1. The molecule has 0 aliphatic heterocycles. The predicted molar refractivity (Wildman–Crippen MR) is 62.4 cm³/mol. The number of carbonyl (C=O) groups is 2. The normalized spacial score (nSPS) is 13.9. The largest absolute Gasteiger partial charge is 0.480 e. The van der Waals surface area contributed by atoms with Gasteiger partial charge in [0.05, 0.1) is 11.5 Å². The maximum atomic E-state index is 11.8. The molecule has 0 aliphatic rings. The third-order valence-corrected chi connectivity index (χ3v) is 4.42. The molecule has 0 heterocycles. The molecule has 11 heteroatoms. The van der Waals surface area contributed by atoms with E-state index in [9.17, 15) is 31.2 Å². The van der Waals surface area contributed by atoms with E-state index in [1.807, 2.05) is 5.32 Å². The van der Waals surface area contributed by atoms with Crippen LogP contribution in [-0.4, -0.2) is 54.2 Å². The van der Waals surface area contributed by atoms with Crippen LogP contribution in [0.4, 0.5) is 13.2 Å². The van der Waals surface area contributed by atoms with E-state index in [2.05, 4.69) is 0 Å². The predicted octanol–water partition coefficient (Wildman–Crippen LogP) is 0.244. The molecule has 0 radical (unpaired) electrons. The van der Waals surface area contributed by atoms with Gasteiger partial charge in [0.1, 0.15) is 6.04 Å². The average Bonchev–Trinajstić information content (AvgIpc) is 2.12. The molecule has 0 rings (SSSR count). The minimum Gasteiger partial charge on any atom is -0.480 e. The van der Waals surface area contributed by atoms with E-state index in [0.717, 1.165) is 6.92 Å². The molecule has 1 atom stereocenters.